The molecular formula is C20H21Br2NO2. The van der Waals surface area contributed by atoms with Crippen LogP contribution < -0.4 is 10.1 Å². The molecule has 0 saturated heterocycles. The number of hydrogen-bond acceptors (Lipinski definition) is 2. The van der Waals surface area contributed by atoms with Crippen LogP contribution in [0.2, 0.25) is 0 Å². The highest BCUT2D eigenvalue weighted by Crippen LogP contribution is 2.26. The Labute approximate surface area is 165 Å². The van der Waals surface area contributed by atoms with Crippen LogP contribution in [0.3, 0.4) is 0 Å². The molecular weight excluding hydrogens is 446 g/mol. The molecule has 0 radical (unpaired) electrons. The lowest BCUT2D eigenvalue weighted by Crippen LogP contribution is -2.08. The monoisotopic (exact) mass is 465 g/mol. The largest absolute Gasteiger partial charge is 0.496 e. The summed E-state index contributed by atoms with van der Waals surface area (Å²) in [4.78, 5) is 12.2. The summed E-state index contributed by atoms with van der Waals surface area (Å²) in [6, 6.07) is 11.7. The van der Waals surface area contributed by atoms with Crippen molar-refractivity contribution in [3.63, 3.8) is 0 Å². The molecule has 1 N–H and O–H groups in total. The van der Waals surface area contributed by atoms with Crippen molar-refractivity contribution >= 4 is 49.5 Å². The number of ether oxygens (including phenoxy) is 1. The quantitative estimate of drug-likeness (QED) is 0.492. The number of nitrogens with one attached hydrogen (secondary N) is 1. The van der Waals surface area contributed by atoms with Gasteiger partial charge < -0.3 is 10.1 Å². The van der Waals surface area contributed by atoms with Gasteiger partial charge in [-0.15, -0.1) is 0 Å². The van der Waals surface area contributed by atoms with Crippen molar-refractivity contribution in [1.29, 1.82) is 0 Å². The number of aryl methyl sites for hydroxylation is 1. The van der Waals surface area contributed by atoms with Crippen LogP contribution >= 0.6 is 31.9 Å². The van der Waals surface area contributed by atoms with Crippen molar-refractivity contribution in [1.82, 2.24) is 0 Å². The number of carbonyl (C=O) groups is 1. The lowest BCUT2D eigenvalue weighted by atomic mass is 10.1. The Balaban J connectivity index is 2.06. The topological polar surface area (TPSA) is 38.3 Å². The third-order valence-corrected chi connectivity index (χ3v) is 4.87. The third-order valence-electron chi connectivity index (χ3n) is 3.72. The molecule has 1 amide bonds. The first-order valence-electron chi connectivity index (χ1n) is 8.14. The normalized spacial score (nSPS) is 10.9. The Kier molecular flexibility index (Phi) is 7.72. The SMILES string of the molecule is CCCCc1ccc(NC(=O)/C=C/c2cc(Br)ccc2OC)c(Br)c1. The molecule has 0 bridgehead atoms. The average Bonchev–Trinajstić information content (AvgIpc) is 2.60. The number of hydrogen-bond donors (Lipinski definition) is 1. The molecule has 3 nitrogen and oxygen atoms in total. The molecule has 0 aliphatic heterocycles. The van der Waals surface area contributed by atoms with E-state index >= 15 is 0 Å². The van der Waals surface area contributed by atoms with E-state index in [0.717, 1.165) is 33.0 Å². The maximum absolute atomic E-state index is 12.2. The highest BCUT2D eigenvalue weighted by Gasteiger charge is 2.05. The van der Waals surface area contributed by atoms with Crippen molar-refractivity contribution in [2.75, 3.05) is 12.4 Å². The van der Waals surface area contributed by atoms with E-state index in [9.17, 15) is 4.79 Å². The van der Waals surface area contributed by atoms with E-state index in [1.807, 2.05) is 24.3 Å². The summed E-state index contributed by atoms with van der Waals surface area (Å²) in [5, 5.41) is 2.89. The Hall–Kier alpha value is -1.59. The van der Waals surface area contributed by atoms with Gasteiger partial charge in [0, 0.05) is 20.6 Å². The van der Waals surface area contributed by atoms with Crippen molar-refractivity contribution in [3.05, 3.63) is 62.5 Å². The van der Waals surface area contributed by atoms with E-state index in [0.29, 0.717) is 5.75 Å². The summed E-state index contributed by atoms with van der Waals surface area (Å²) in [7, 11) is 1.61. The van der Waals surface area contributed by atoms with Gasteiger partial charge in [-0.3, -0.25) is 4.79 Å². The van der Waals surface area contributed by atoms with Gasteiger partial charge in [0.1, 0.15) is 5.75 Å². The minimum Gasteiger partial charge on any atom is -0.496 e. The van der Waals surface area contributed by atoms with Gasteiger partial charge >= 0.3 is 0 Å². The standard InChI is InChI=1S/C20H21Br2NO2/c1-3-4-5-14-6-9-18(17(22)12-14)23-20(24)11-7-15-13-16(21)8-10-19(15)25-2/h6-13H,3-5H2,1-2H3,(H,23,24)/b11-7+. The highest BCUT2D eigenvalue weighted by molar-refractivity contribution is 9.10. The lowest BCUT2D eigenvalue weighted by Gasteiger charge is -2.08. The van der Waals surface area contributed by atoms with Crippen LogP contribution in [0.5, 0.6) is 5.75 Å². The first-order valence-corrected chi connectivity index (χ1v) is 9.73. The molecule has 0 atom stereocenters. The maximum Gasteiger partial charge on any atom is 0.248 e. The van der Waals surface area contributed by atoms with Crippen LogP contribution in [0.4, 0.5) is 5.69 Å². The Bertz CT molecular complexity index is 772. The fourth-order valence-electron chi connectivity index (χ4n) is 2.37. The summed E-state index contributed by atoms with van der Waals surface area (Å²) >= 11 is 6.96. The fourth-order valence-corrected chi connectivity index (χ4v) is 3.28. The van der Waals surface area contributed by atoms with E-state index in [1.54, 1.807) is 13.2 Å². The Morgan fingerprint density at radius 1 is 1.20 bits per heavy atom. The summed E-state index contributed by atoms with van der Waals surface area (Å²) in [6.45, 7) is 2.18. The minimum atomic E-state index is -0.191. The zero-order chi connectivity index (χ0) is 18.2. The van der Waals surface area contributed by atoms with Gasteiger partial charge in [-0.05, 0) is 70.7 Å². The van der Waals surface area contributed by atoms with Gasteiger partial charge in [0.2, 0.25) is 5.91 Å². The molecule has 132 valence electrons. The number of amides is 1. The summed E-state index contributed by atoms with van der Waals surface area (Å²) in [6.07, 6.45) is 6.62. The molecule has 2 rings (SSSR count). The first kappa shape index (κ1) is 19.7. The van der Waals surface area contributed by atoms with Crippen molar-refractivity contribution < 1.29 is 9.53 Å². The van der Waals surface area contributed by atoms with Gasteiger partial charge in [-0.25, -0.2) is 0 Å². The van der Waals surface area contributed by atoms with E-state index in [-0.39, 0.29) is 5.91 Å². The highest BCUT2D eigenvalue weighted by atomic mass is 79.9. The van der Waals surface area contributed by atoms with Crippen LogP contribution in [0, 0.1) is 0 Å². The second kappa shape index (κ2) is 9.78. The fraction of sp³-hybridized carbons (Fsp3) is 0.250. The Morgan fingerprint density at radius 3 is 2.68 bits per heavy atom. The first-order chi connectivity index (χ1) is 12.0. The van der Waals surface area contributed by atoms with E-state index in [4.69, 9.17) is 4.74 Å². The molecule has 5 heteroatoms. The number of rotatable bonds is 7. The molecule has 0 aliphatic carbocycles. The van der Waals surface area contributed by atoms with Crippen LogP contribution in [0.15, 0.2) is 51.4 Å². The Morgan fingerprint density at radius 2 is 2.00 bits per heavy atom. The van der Waals surface area contributed by atoms with E-state index < -0.39 is 0 Å². The van der Waals surface area contributed by atoms with Crippen LogP contribution in [0.1, 0.15) is 30.9 Å². The molecule has 0 aromatic heterocycles. The number of unbranched alkanes of at least 4 members (excludes halogenated alkanes) is 1. The van der Waals surface area contributed by atoms with Crippen molar-refractivity contribution in [2.45, 2.75) is 26.2 Å². The molecule has 0 fully saturated rings. The third kappa shape index (κ3) is 6.01. The summed E-state index contributed by atoms with van der Waals surface area (Å²) in [5.74, 6) is 0.526. The molecule has 0 spiro atoms. The average molecular weight is 467 g/mol. The van der Waals surface area contributed by atoms with Gasteiger partial charge in [0.25, 0.3) is 0 Å². The smallest absolute Gasteiger partial charge is 0.248 e. The minimum absolute atomic E-state index is 0.191. The van der Waals surface area contributed by atoms with E-state index in [1.165, 1.54) is 18.1 Å². The molecule has 2 aromatic carbocycles. The van der Waals surface area contributed by atoms with Crippen molar-refractivity contribution in [3.8, 4) is 5.75 Å². The van der Waals surface area contributed by atoms with Gasteiger partial charge in [-0.1, -0.05) is 35.3 Å². The van der Waals surface area contributed by atoms with Gasteiger partial charge in [-0.2, -0.15) is 0 Å². The zero-order valence-corrected chi connectivity index (χ0v) is 17.5. The van der Waals surface area contributed by atoms with Gasteiger partial charge in [0.15, 0.2) is 0 Å². The molecule has 0 saturated carbocycles. The lowest BCUT2D eigenvalue weighted by molar-refractivity contribution is -0.111. The number of carbonyl (C=O) groups excluding carboxylic acids is 1. The van der Waals surface area contributed by atoms with Gasteiger partial charge in [0.05, 0.1) is 12.8 Å². The molecule has 2 aromatic rings. The maximum atomic E-state index is 12.2. The number of halogens is 2. The number of methoxy groups -OCH3 is 1. The summed E-state index contributed by atoms with van der Waals surface area (Å²) in [5.41, 5.74) is 2.86. The van der Waals surface area contributed by atoms with Crippen LogP contribution in [-0.4, -0.2) is 13.0 Å². The van der Waals surface area contributed by atoms with Crippen molar-refractivity contribution in [2.24, 2.45) is 0 Å². The molecule has 0 unspecified atom stereocenters. The zero-order valence-electron chi connectivity index (χ0n) is 14.3. The van der Waals surface area contributed by atoms with E-state index in [2.05, 4.69) is 56.2 Å². The van der Waals surface area contributed by atoms with Crippen LogP contribution in [0.25, 0.3) is 6.08 Å². The molecule has 25 heavy (non-hydrogen) atoms. The predicted octanol–water partition coefficient (Wildman–Crippen LogP) is 6.21. The predicted molar refractivity (Wildman–Crippen MR) is 111 cm³/mol. The molecule has 0 heterocycles. The second-order valence-electron chi connectivity index (χ2n) is 5.63. The number of anilines is 1. The second-order valence-corrected chi connectivity index (χ2v) is 7.40. The summed E-state index contributed by atoms with van der Waals surface area (Å²) < 4.78 is 7.13. The van der Waals surface area contributed by atoms with Crippen LogP contribution in [-0.2, 0) is 11.2 Å². The molecule has 0 aliphatic rings. The number of benzene rings is 2.